The second-order valence-corrected chi connectivity index (χ2v) is 4.58. The summed E-state index contributed by atoms with van der Waals surface area (Å²) in [4.78, 5) is 11.9. The number of unbranched alkanes of at least 4 members (excludes halogenated alkanes) is 2. The van der Waals surface area contributed by atoms with Crippen LogP contribution in [0.2, 0.25) is 5.02 Å². The molecule has 2 rings (SSSR count). The first kappa shape index (κ1) is 12.1. The van der Waals surface area contributed by atoms with Crippen LogP contribution in [0.25, 0.3) is 10.9 Å². The van der Waals surface area contributed by atoms with Gasteiger partial charge in [0.25, 0.3) is 0 Å². The molecular formula is C13H15ClN2O. The lowest BCUT2D eigenvalue weighted by molar-refractivity contribution is 0.0979. The van der Waals surface area contributed by atoms with Gasteiger partial charge < -0.3 is 0 Å². The van der Waals surface area contributed by atoms with Gasteiger partial charge in [0.05, 0.1) is 16.7 Å². The van der Waals surface area contributed by atoms with E-state index < -0.39 is 0 Å². The Morgan fingerprint density at radius 2 is 2.24 bits per heavy atom. The summed E-state index contributed by atoms with van der Waals surface area (Å²) in [6.07, 6.45) is 5.40. The van der Waals surface area contributed by atoms with Crippen molar-refractivity contribution in [2.45, 2.75) is 32.6 Å². The third-order valence-electron chi connectivity index (χ3n) is 2.84. The molecule has 0 aliphatic rings. The number of H-pyrrole nitrogens is 1. The Hall–Kier alpha value is -1.35. The van der Waals surface area contributed by atoms with Gasteiger partial charge in [-0.25, -0.2) is 0 Å². The van der Waals surface area contributed by atoms with Gasteiger partial charge in [0.2, 0.25) is 0 Å². The van der Waals surface area contributed by atoms with Crippen molar-refractivity contribution >= 4 is 28.3 Å². The van der Waals surface area contributed by atoms with Crippen molar-refractivity contribution < 1.29 is 4.79 Å². The van der Waals surface area contributed by atoms with Crippen LogP contribution in [0.1, 0.15) is 43.0 Å². The Kier molecular flexibility index (Phi) is 3.79. The number of halogens is 1. The SMILES string of the molecule is CCCCCC(=O)c1cc(Cl)c2cn[nH]c2c1. The Labute approximate surface area is 105 Å². The van der Waals surface area contributed by atoms with Gasteiger partial charge in [-0.15, -0.1) is 0 Å². The summed E-state index contributed by atoms with van der Waals surface area (Å²) in [6, 6.07) is 3.55. The predicted octanol–water partition coefficient (Wildman–Crippen LogP) is 3.98. The molecule has 90 valence electrons. The van der Waals surface area contributed by atoms with E-state index in [1.165, 1.54) is 0 Å². The van der Waals surface area contributed by atoms with Gasteiger partial charge in [0.15, 0.2) is 5.78 Å². The average Bonchev–Trinajstić information content (AvgIpc) is 2.77. The largest absolute Gasteiger partial charge is 0.294 e. The minimum absolute atomic E-state index is 0.150. The van der Waals surface area contributed by atoms with Gasteiger partial charge in [-0.2, -0.15) is 5.10 Å². The molecule has 4 heteroatoms. The zero-order valence-electron chi connectivity index (χ0n) is 9.79. The monoisotopic (exact) mass is 250 g/mol. The molecule has 0 saturated heterocycles. The smallest absolute Gasteiger partial charge is 0.163 e. The molecule has 0 aliphatic carbocycles. The summed E-state index contributed by atoms with van der Waals surface area (Å²) < 4.78 is 0. The van der Waals surface area contributed by atoms with E-state index in [1.807, 2.05) is 6.07 Å². The molecule has 0 amide bonds. The van der Waals surface area contributed by atoms with Gasteiger partial charge in [0.1, 0.15) is 0 Å². The molecule has 2 aromatic rings. The van der Waals surface area contributed by atoms with Gasteiger partial charge in [-0.3, -0.25) is 9.89 Å². The van der Waals surface area contributed by atoms with Gasteiger partial charge in [0, 0.05) is 17.4 Å². The van der Waals surface area contributed by atoms with Crippen LogP contribution in [0.5, 0.6) is 0 Å². The molecule has 1 heterocycles. The average molecular weight is 251 g/mol. The van der Waals surface area contributed by atoms with E-state index >= 15 is 0 Å². The number of rotatable bonds is 5. The minimum Gasteiger partial charge on any atom is -0.294 e. The van der Waals surface area contributed by atoms with Crippen molar-refractivity contribution in [3.05, 3.63) is 28.9 Å². The first-order valence-electron chi connectivity index (χ1n) is 5.88. The van der Waals surface area contributed by atoms with E-state index in [0.717, 1.165) is 30.2 Å². The number of hydrogen-bond donors (Lipinski definition) is 1. The van der Waals surface area contributed by atoms with Crippen LogP contribution >= 0.6 is 11.6 Å². The molecular weight excluding hydrogens is 236 g/mol. The number of carbonyl (C=O) groups excluding carboxylic acids is 1. The Morgan fingerprint density at radius 3 is 3.00 bits per heavy atom. The van der Waals surface area contributed by atoms with Gasteiger partial charge in [-0.1, -0.05) is 31.4 Å². The summed E-state index contributed by atoms with van der Waals surface area (Å²) in [5, 5.41) is 8.19. The van der Waals surface area contributed by atoms with E-state index in [4.69, 9.17) is 11.6 Å². The van der Waals surface area contributed by atoms with Crippen LogP contribution in [0, 0.1) is 0 Å². The topological polar surface area (TPSA) is 45.8 Å². The fraction of sp³-hybridized carbons (Fsp3) is 0.385. The number of aromatic nitrogens is 2. The second kappa shape index (κ2) is 5.32. The maximum Gasteiger partial charge on any atom is 0.163 e. The molecule has 1 aromatic carbocycles. The van der Waals surface area contributed by atoms with Crippen LogP contribution in [-0.4, -0.2) is 16.0 Å². The summed E-state index contributed by atoms with van der Waals surface area (Å²) in [7, 11) is 0. The van der Waals surface area contributed by atoms with Gasteiger partial charge in [-0.05, 0) is 18.6 Å². The number of Topliss-reactive ketones (excluding diaryl/α,β-unsaturated/α-hetero) is 1. The number of aromatic amines is 1. The normalized spacial score (nSPS) is 10.9. The molecule has 0 unspecified atom stereocenters. The highest BCUT2D eigenvalue weighted by molar-refractivity contribution is 6.35. The van der Waals surface area contributed by atoms with Crippen LogP contribution in [-0.2, 0) is 0 Å². The second-order valence-electron chi connectivity index (χ2n) is 4.17. The van der Waals surface area contributed by atoms with Crippen molar-refractivity contribution in [3.63, 3.8) is 0 Å². The number of benzene rings is 1. The Morgan fingerprint density at radius 1 is 1.41 bits per heavy atom. The van der Waals surface area contributed by atoms with Gasteiger partial charge >= 0.3 is 0 Å². The lowest BCUT2D eigenvalue weighted by Gasteiger charge is -2.02. The molecule has 17 heavy (non-hydrogen) atoms. The molecule has 3 nitrogen and oxygen atoms in total. The first-order chi connectivity index (χ1) is 8.22. The highest BCUT2D eigenvalue weighted by Gasteiger charge is 2.10. The van der Waals surface area contributed by atoms with Crippen LogP contribution in [0.3, 0.4) is 0 Å². The summed E-state index contributed by atoms with van der Waals surface area (Å²) in [6.45, 7) is 2.12. The fourth-order valence-corrected chi connectivity index (χ4v) is 2.12. The molecule has 0 spiro atoms. The van der Waals surface area contributed by atoms with Crippen molar-refractivity contribution in [2.24, 2.45) is 0 Å². The molecule has 0 radical (unpaired) electrons. The van der Waals surface area contributed by atoms with Crippen molar-refractivity contribution in [2.75, 3.05) is 0 Å². The lowest BCUT2D eigenvalue weighted by atomic mass is 10.0. The summed E-state index contributed by atoms with van der Waals surface area (Å²) >= 11 is 6.10. The summed E-state index contributed by atoms with van der Waals surface area (Å²) in [5.74, 6) is 0.150. The maximum absolute atomic E-state index is 11.9. The zero-order chi connectivity index (χ0) is 12.3. The van der Waals surface area contributed by atoms with E-state index in [2.05, 4.69) is 17.1 Å². The lowest BCUT2D eigenvalue weighted by Crippen LogP contribution is -1.99. The molecule has 1 N–H and O–H groups in total. The Balaban J connectivity index is 2.20. The zero-order valence-corrected chi connectivity index (χ0v) is 10.5. The molecule has 0 bridgehead atoms. The van der Waals surface area contributed by atoms with E-state index in [-0.39, 0.29) is 5.78 Å². The molecule has 0 atom stereocenters. The third-order valence-corrected chi connectivity index (χ3v) is 3.15. The summed E-state index contributed by atoms with van der Waals surface area (Å²) in [5.41, 5.74) is 1.49. The van der Waals surface area contributed by atoms with Crippen molar-refractivity contribution in [3.8, 4) is 0 Å². The van der Waals surface area contributed by atoms with Crippen molar-refractivity contribution in [1.82, 2.24) is 10.2 Å². The number of nitrogens with zero attached hydrogens (tertiary/aromatic N) is 1. The van der Waals surface area contributed by atoms with E-state index in [0.29, 0.717) is 17.0 Å². The Bertz CT molecular complexity index is 533. The first-order valence-corrected chi connectivity index (χ1v) is 6.26. The molecule has 0 fully saturated rings. The number of ketones is 1. The number of carbonyl (C=O) groups is 1. The third kappa shape index (κ3) is 2.67. The number of fused-ring (bicyclic) bond motifs is 1. The molecule has 1 aromatic heterocycles. The standard InChI is InChI=1S/C13H15ClN2O/c1-2-3-4-5-13(17)9-6-11(14)10-8-15-16-12(10)7-9/h6-8H,2-5H2,1H3,(H,15,16). The number of nitrogens with one attached hydrogen (secondary N) is 1. The van der Waals surface area contributed by atoms with Crippen molar-refractivity contribution in [1.29, 1.82) is 0 Å². The number of hydrogen-bond acceptors (Lipinski definition) is 2. The highest BCUT2D eigenvalue weighted by Crippen LogP contribution is 2.24. The van der Waals surface area contributed by atoms with E-state index in [1.54, 1.807) is 12.3 Å². The maximum atomic E-state index is 11.9. The fourth-order valence-electron chi connectivity index (χ4n) is 1.85. The quantitative estimate of drug-likeness (QED) is 0.644. The highest BCUT2D eigenvalue weighted by atomic mass is 35.5. The minimum atomic E-state index is 0.150. The van der Waals surface area contributed by atoms with Crippen LogP contribution in [0.4, 0.5) is 0 Å². The van der Waals surface area contributed by atoms with E-state index in [9.17, 15) is 4.79 Å². The van der Waals surface area contributed by atoms with Crippen LogP contribution < -0.4 is 0 Å². The molecule has 0 aliphatic heterocycles. The van der Waals surface area contributed by atoms with Crippen LogP contribution in [0.15, 0.2) is 18.3 Å². The predicted molar refractivity (Wildman–Crippen MR) is 69.6 cm³/mol. The molecule has 0 saturated carbocycles.